The van der Waals surface area contributed by atoms with E-state index in [2.05, 4.69) is 20.7 Å². The van der Waals surface area contributed by atoms with Crippen LogP contribution in [0.3, 0.4) is 0 Å². The third-order valence-corrected chi connectivity index (χ3v) is 4.61. The zero-order valence-corrected chi connectivity index (χ0v) is 11.7. The van der Waals surface area contributed by atoms with Crippen LogP contribution >= 0.6 is 27.5 Å². The fourth-order valence-electron chi connectivity index (χ4n) is 0.953. The van der Waals surface area contributed by atoms with E-state index in [0.29, 0.717) is 10.7 Å². The minimum absolute atomic E-state index is 0.0590. The number of anilines is 1. The van der Waals surface area contributed by atoms with Gasteiger partial charge in [0.2, 0.25) is 10.0 Å². The summed E-state index contributed by atoms with van der Waals surface area (Å²) in [5, 5.41) is -0.325. The van der Waals surface area contributed by atoms with Gasteiger partial charge >= 0.3 is 0 Å². The quantitative estimate of drug-likeness (QED) is 0.890. The summed E-state index contributed by atoms with van der Waals surface area (Å²) in [5.41, 5.74) is 5.67. The second kappa shape index (κ2) is 5.35. The summed E-state index contributed by atoms with van der Waals surface area (Å²) in [6, 6.07) is 4.91. The van der Waals surface area contributed by atoms with Gasteiger partial charge in [0.15, 0.2) is 0 Å². The van der Waals surface area contributed by atoms with E-state index in [9.17, 15) is 8.42 Å². The lowest BCUT2D eigenvalue weighted by Crippen LogP contribution is -2.31. The van der Waals surface area contributed by atoms with Crippen LogP contribution in [-0.4, -0.2) is 20.2 Å². The van der Waals surface area contributed by atoms with Crippen molar-refractivity contribution in [2.24, 2.45) is 5.73 Å². The molecule has 0 saturated heterocycles. The summed E-state index contributed by atoms with van der Waals surface area (Å²) in [4.78, 5) is 0. The highest BCUT2D eigenvalue weighted by atomic mass is 79.9. The molecule has 16 heavy (non-hydrogen) atoms. The van der Waals surface area contributed by atoms with Crippen LogP contribution in [0.1, 0.15) is 6.92 Å². The first-order chi connectivity index (χ1) is 7.36. The Balaban J connectivity index is 2.97. The van der Waals surface area contributed by atoms with Gasteiger partial charge in [-0.15, -0.1) is 0 Å². The summed E-state index contributed by atoms with van der Waals surface area (Å²) in [5.74, 6) is 0. The predicted octanol–water partition coefficient (Wildman–Crippen LogP) is 2.19. The van der Waals surface area contributed by atoms with Crippen molar-refractivity contribution >= 4 is 43.2 Å². The van der Waals surface area contributed by atoms with Crippen molar-refractivity contribution in [1.29, 1.82) is 0 Å². The Morgan fingerprint density at radius 3 is 2.69 bits per heavy atom. The van der Waals surface area contributed by atoms with Crippen molar-refractivity contribution in [2.75, 3.05) is 11.3 Å². The van der Waals surface area contributed by atoms with Gasteiger partial charge in [0.05, 0.1) is 16.0 Å². The average molecular weight is 328 g/mol. The van der Waals surface area contributed by atoms with Crippen molar-refractivity contribution in [1.82, 2.24) is 0 Å². The van der Waals surface area contributed by atoms with Crippen LogP contribution in [0.5, 0.6) is 0 Å². The molecule has 1 unspecified atom stereocenters. The molecule has 3 N–H and O–H groups in total. The zero-order chi connectivity index (χ0) is 12.3. The smallest absolute Gasteiger partial charge is 0.236 e. The van der Waals surface area contributed by atoms with Crippen LogP contribution in [0.4, 0.5) is 5.69 Å². The fourth-order valence-corrected chi connectivity index (χ4v) is 2.67. The van der Waals surface area contributed by atoms with Crippen molar-refractivity contribution in [3.63, 3.8) is 0 Å². The minimum Gasteiger partial charge on any atom is -0.329 e. The van der Waals surface area contributed by atoms with Crippen molar-refractivity contribution < 1.29 is 8.42 Å². The largest absolute Gasteiger partial charge is 0.329 e. The number of sulfonamides is 1. The molecular weight excluding hydrogens is 316 g/mol. The predicted molar refractivity (Wildman–Crippen MR) is 70.2 cm³/mol. The molecule has 1 aromatic rings. The minimum atomic E-state index is -3.47. The molecule has 0 aliphatic rings. The monoisotopic (exact) mass is 326 g/mol. The molecule has 0 saturated carbocycles. The molecule has 0 spiro atoms. The van der Waals surface area contributed by atoms with Gasteiger partial charge in [0.25, 0.3) is 0 Å². The lowest BCUT2D eigenvalue weighted by atomic mass is 10.3. The molecule has 4 nitrogen and oxygen atoms in total. The average Bonchev–Trinajstić information content (AvgIpc) is 2.21. The van der Waals surface area contributed by atoms with Crippen molar-refractivity contribution in [2.45, 2.75) is 12.2 Å². The van der Waals surface area contributed by atoms with Gasteiger partial charge in [-0.25, -0.2) is 8.42 Å². The molecular formula is C9H12BrClN2O2S. The van der Waals surface area contributed by atoms with Crippen LogP contribution in [0.25, 0.3) is 0 Å². The second-order valence-corrected chi connectivity index (χ2v) is 6.74. The Bertz CT molecular complexity index is 478. The van der Waals surface area contributed by atoms with Gasteiger partial charge in [0.1, 0.15) is 0 Å². The van der Waals surface area contributed by atoms with Gasteiger partial charge in [-0.2, -0.15) is 0 Å². The van der Waals surface area contributed by atoms with Crippen LogP contribution in [0.15, 0.2) is 22.7 Å². The first-order valence-electron chi connectivity index (χ1n) is 4.53. The van der Waals surface area contributed by atoms with E-state index in [-0.39, 0.29) is 6.54 Å². The molecule has 0 aliphatic carbocycles. The summed E-state index contributed by atoms with van der Waals surface area (Å²) >= 11 is 9.13. The Morgan fingerprint density at radius 2 is 2.19 bits per heavy atom. The SMILES string of the molecule is CC(CN)S(=O)(=O)Nc1ccc(Br)cc1Cl. The maximum absolute atomic E-state index is 11.7. The summed E-state index contributed by atoms with van der Waals surface area (Å²) in [6.45, 7) is 1.60. The van der Waals surface area contributed by atoms with Crippen molar-refractivity contribution in [3.05, 3.63) is 27.7 Å². The van der Waals surface area contributed by atoms with E-state index in [1.165, 1.54) is 6.92 Å². The zero-order valence-electron chi connectivity index (χ0n) is 8.57. The summed E-state index contributed by atoms with van der Waals surface area (Å²) in [6.07, 6.45) is 0. The highest BCUT2D eigenvalue weighted by molar-refractivity contribution is 9.10. The maximum atomic E-state index is 11.7. The Labute approximate surface area is 108 Å². The number of hydrogen-bond acceptors (Lipinski definition) is 3. The first-order valence-corrected chi connectivity index (χ1v) is 7.25. The fraction of sp³-hybridized carbons (Fsp3) is 0.333. The molecule has 0 amide bonds. The molecule has 0 radical (unpaired) electrons. The standard InChI is InChI=1S/C9H12BrClN2O2S/c1-6(5-12)16(14,15)13-9-3-2-7(10)4-8(9)11/h2-4,6,13H,5,12H2,1H3. The van der Waals surface area contributed by atoms with Gasteiger partial charge < -0.3 is 5.73 Å². The Kier molecular flexibility index (Phi) is 4.61. The van der Waals surface area contributed by atoms with E-state index in [4.69, 9.17) is 17.3 Å². The van der Waals surface area contributed by atoms with E-state index in [1.807, 2.05) is 0 Å². The molecule has 0 aliphatic heterocycles. The summed E-state index contributed by atoms with van der Waals surface area (Å²) in [7, 11) is -3.47. The van der Waals surface area contributed by atoms with E-state index >= 15 is 0 Å². The summed E-state index contributed by atoms with van der Waals surface area (Å²) < 4.78 is 26.6. The molecule has 0 bridgehead atoms. The molecule has 0 heterocycles. The number of rotatable bonds is 4. The first kappa shape index (κ1) is 13.8. The van der Waals surface area contributed by atoms with E-state index in [0.717, 1.165) is 4.47 Å². The topological polar surface area (TPSA) is 72.2 Å². The molecule has 1 rings (SSSR count). The number of halogens is 2. The molecule has 1 atom stereocenters. The van der Waals surface area contributed by atoms with Gasteiger partial charge in [0, 0.05) is 11.0 Å². The number of hydrogen-bond donors (Lipinski definition) is 2. The van der Waals surface area contributed by atoms with Gasteiger partial charge in [-0.3, -0.25) is 4.72 Å². The second-order valence-electron chi connectivity index (χ2n) is 3.32. The van der Waals surface area contributed by atoms with Gasteiger partial charge in [-0.05, 0) is 25.1 Å². The third kappa shape index (κ3) is 3.35. The third-order valence-electron chi connectivity index (χ3n) is 2.04. The molecule has 7 heteroatoms. The number of nitrogens with two attached hydrogens (primary N) is 1. The molecule has 0 fully saturated rings. The Hall–Kier alpha value is -0.300. The molecule has 0 aromatic heterocycles. The normalized spacial score (nSPS) is 13.5. The van der Waals surface area contributed by atoms with E-state index in [1.54, 1.807) is 18.2 Å². The van der Waals surface area contributed by atoms with Crippen LogP contribution in [0, 0.1) is 0 Å². The molecule has 1 aromatic carbocycles. The maximum Gasteiger partial charge on any atom is 0.236 e. The van der Waals surface area contributed by atoms with Crippen LogP contribution in [-0.2, 0) is 10.0 Å². The van der Waals surface area contributed by atoms with Gasteiger partial charge in [-0.1, -0.05) is 27.5 Å². The highest BCUT2D eigenvalue weighted by Crippen LogP contribution is 2.26. The number of nitrogens with one attached hydrogen (secondary N) is 1. The number of benzene rings is 1. The van der Waals surface area contributed by atoms with E-state index < -0.39 is 15.3 Å². The lowest BCUT2D eigenvalue weighted by Gasteiger charge is -2.13. The Morgan fingerprint density at radius 1 is 1.56 bits per heavy atom. The van der Waals surface area contributed by atoms with Crippen LogP contribution < -0.4 is 10.5 Å². The van der Waals surface area contributed by atoms with Crippen LogP contribution in [0.2, 0.25) is 5.02 Å². The molecule has 90 valence electrons. The lowest BCUT2D eigenvalue weighted by molar-refractivity contribution is 0.589. The highest BCUT2D eigenvalue weighted by Gasteiger charge is 2.19. The van der Waals surface area contributed by atoms with Crippen molar-refractivity contribution in [3.8, 4) is 0 Å².